The Morgan fingerprint density at radius 1 is 1.27 bits per heavy atom. The SMILES string of the molecule is Cc1ccc(F)c(-c2nc(C(=O)Nc3cnccc3[C@@H]3C[C@H](C)C[C@H](N)C3)cs2)c1. The lowest BCUT2D eigenvalue weighted by atomic mass is 9.76. The molecule has 1 aliphatic carbocycles. The first-order valence-corrected chi connectivity index (χ1v) is 11.0. The van der Waals surface area contributed by atoms with E-state index in [0.29, 0.717) is 22.2 Å². The number of nitrogens with one attached hydrogen (secondary N) is 1. The normalized spacial score (nSPS) is 21.4. The molecule has 0 bridgehead atoms. The maximum absolute atomic E-state index is 14.2. The van der Waals surface area contributed by atoms with Crippen LogP contribution in [0.4, 0.5) is 10.1 Å². The molecule has 30 heavy (non-hydrogen) atoms. The summed E-state index contributed by atoms with van der Waals surface area (Å²) in [7, 11) is 0. The topological polar surface area (TPSA) is 80.9 Å². The Balaban J connectivity index is 1.56. The molecule has 3 atom stereocenters. The van der Waals surface area contributed by atoms with Crippen molar-refractivity contribution in [3.8, 4) is 10.6 Å². The van der Waals surface area contributed by atoms with Crippen molar-refractivity contribution in [1.29, 1.82) is 0 Å². The number of pyridine rings is 1. The Bertz CT molecular complexity index is 1060. The second-order valence-corrected chi connectivity index (χ2v) is 9.07. The van der Waals surface area contributed by atoms with E-state index in [9.17, 15) is 9.18 Å². The molecular formula is C23H25FN4OS. The van der Waals surface area contributed by atoms with Gasteiger partial charge in [0.15, 0.2) is 0 Å². The Morgan fingerprint density at radius 2 is 2.10 bits per heavy atom. The van der Waals surface area contributed by atoms with E-state index in [-0.39, 0.29) is 29.4 Å². The van der Waals surface area contributed by atoms with Crippen molar-refractivity contribution < 1.29 is 9.18 Å². The number of carbonyl (C=O) groups is 1. The number of aromatic nitrogens is 2. The van der Waals surface area contributed by atoms with E-state index in [4.69, 9.17) is 5.73 Å². The van der Waals surface area contributed by atoms with Gasteiger partial charge in [0, 0.05) is 23.2 Å². The van der Waals surface area contributed by atoms with Crippen LogP contribution in [0.2, 0.25) is 0 Å². The minimum Gasteiger partial charge on any atom is -0.328 e. The molecule has 3 aromatic rings. The number of halogens is 1. The first-order valence-electron chi connectivity index (χ1n) is 10.1. The van der Waals surface area contributed by atoms with Crippen molar-refractivity contribution >= 4 is 22.9 Å². The average molecular weight is 425 g/mol. The molecule has 0 radical (unpaired) electrons. The summed E-state index contributed by atoms with van der Waals surface area (Å²) in [5.41, 5.74) is 9.58. The van der Waals surface area contributed by atoms with Gasteiger partial charge in [0.2, 0.25) is 0 Å². The maximum Gasteiger partial charge on any atom is 0.275 e. The van der Waals surface area contributed by atoms with Crippen LogP contribution in [-0.2, 0) is 0 Å². The molecule has 7 heteroatoms. The molecule has 0 unspecified atom stereocenters. The Labute approximate surface area is 179 Å². The number of benzene rings is 1. The molecule has 4 rings (SSSR count). The summed E-state index contributed by atoms with van der Waals surface area (Å²) in [4.78, 5) is 21.4. The second-order valence-electron chi connectivity index (χ2n) is 8.21. The third-order valence-electron chi connectivity index (χ3n) is 5.61. The van der Waals surface area contributed by atoms with E-state index >= 15 is 0 Å². The highest BCUT2D eigenvalue weighted by molar-refractivity contribution is 7.13. The van der Waals surface area contributed by atoms with Gasteiger partial charge in [-0.2, -0.15) is 0 Å². The molecule has 1 aromatic carbocycles. The fourth-order valence-corrected chi connectivity index (χ4v) is 5.08. The molecular weight excluding hydrogens is 399 g/mol. The summed E-state index contributed by atoms with van der Waals surface area (Å²) in [6, 6.07) is 6.99. The molecule has 2 heterocycles. The molecule has 0 aliphatic heterocycles. The van der Waals surface area contributed by atoms with Gasteiger partial charge in [0.05, 0.1) is 11.9 Å². The van der Waals surface area contributed by atoms with E-state index in [2.05, 4.69) is 22.2 Å². The van der Waals surface area contributed by atoms with E-state index in [1.165, 1.54) is 17.4 Å². The zero-order chi connectivity index (χ0) is 21.3. The Morgan fingerprint density at radius 3 is 2.90 bits per heavy atom. The van der Waals surface area contributed by atoms with Gasteiger partial charge in [-0.3, -0.25) is 9.78 Å². The molecule has 1 aliphatic rings. The van der Waals surface area contributed by atoms with Gasteiger partial charge >= 0.3 is 0 Å². The van der Waals surface area contributed by atoms with Gasteiger partial charge < -0.3 is 11.1 Å². The second kappa shape index (κ2) is 8.62. The van der Waals surface area contributed by atoms with E-state index in [1.54, 1.807) is 29.9 Å². The van der Waals surface area contributed by atoms with Crippen molar-refractivity contribution in [1.82, 2.24) is 9.97 Å². The van der Waals surface area contributed by atoms with Crippen LogP contribution in [-0.4, -0.2) is 21.9 Å². The third kappa shape index (κ3) is 4.42. The van der Waals surface area contributed by atoms with Crippen molar-refractivity contribution in [3.05, 3.63) is 64.7 Å². The minimum absolute atomic E-state index is 0.167. The van der Waals surface area contributed by atoms with Gasteiger partial charge in [-0.05, 0) is 61.8 Å². The van der Waals surface area contributed by atoms with Crippen molar-refractivity contribution in [2.45, 2.75) is 45.1 Å². The standard InChI is InChI=1S/C23H25FN4OS/c1-13-3-4-19(24)18(9-13)23-28-21(12-30-23)22(29)27-20-11-26-6-5-17(20)15-7-14(2)8-16(25)10-15/h3-6,9,11-12,14-16H,7-8,10,25H2,1-2H3,(H,27,29)/t14-,15+,16-/m0/s1. The van der Waals surface area contributed by atoms with E-state index in [1.807, 2.05) is 13.0 Å². The predicted octanol–water partition coefficient (Wildman–Crippen LogP) is 5.14. The van der Waals surface area contributed by atoms with Crippen molar-refractivity contribution in [2.75, 3.05) is 5.32 Å². The first kappa shape index (κ1) is 20.6. The van der Waals surface area contributed by atoms with Crippen LogP contribution in [0, 0.1) is 18.7 Å². The van der Waals surface area contributed by atoms with Gasteiger partial charge in [-0.25, -0.2) is 9.37 Å². The summed E-state index contributed by atoms with van der Waals surface area (Å²) in [5.74, 6) is 0.155. The summed E-state index contributed by atoms with van der Waals surface area (Å²) in [5, 5.41) is 5.09. The van der Waals surface area contributed by atoms with Gasteiger partial charge in [0.1, 0.15) is 16.5 Å². The zero-order valence-corrected chi connectivity index (χ0v) is 17.9. The van der Waals surface area contributed by atoms with Crippen LogP contribution >= 0.6 is 11.3 Å². The molecule has 1 amide bonds. The summed E-state index contributed by atoms with van der Waals surface area (Å²) >= 11 is 1.25. The summed E-state index contributed by atoms with van der Waals surface area (Å²) in [6.07, 6.45) is 6.38. The smallest absolute Gasteiger partial charge is 0.275 e. The number of aryl methyl sites for hydroxylation is 1. The van der Waals surface area contributed by atoms with Gasteiger partial charge in [0.25, 0.3) is 5.91 Å². The largest absolute Gasteiger partial charge is 0.328 e. The maximum atomic E-state index is 14.2. The number of nitrogens with two attached hydrogens (primary N) is 1. The van der Waals surface area contributed by atoms with Gasteiger partial charge in [-0.1, -0.05) is 18.6 Å². The van der Waals surface area contributed by atoms with Crippen LogP contribution in [0.1, 0.15) is 53.7 Å². The lowest BCUT2D eigenvalue weighted by molar-refractivity contribution is 0.102. The fraction of sp³-hybridized carbons (Fsp3) is 0.348. The van der Waals surface area contributed by atoms with Gasteiger partial charge in [-0.15, -0.1) is 11.3 Å². The first-order chi connectivity index (χ1) is 14.4. The van der Waals surface area contributed by atoms with Crippen LogP contribution in [0.3, 0.4) is 0 Å². The quantitative estimate of drug-likeness (QED) is 0.608. The minimum atomic E-state index is -0.348. The lowest BCUT2D eigenvalue weighted by Crippen LogP contribution is -2.31. The molecule has 0 spiro atoms. The van der Waals surface area contributed by atoms with Crippen LogP contribution < -0.4 is 11.1 Å². The molecule has 3 N–H and O–H groups in total. The molecule has 156 valence electrons. The van der Waals surface area contributed by atoms with Crippen LogP contribution in [0.25, 0.3) is 10.6 Å². The summed E-state index contributed by atoms with van der Waals surface area (Å²) in [6.45, 7) is 4.11. The van der Waals surface area contributed by atoms with Crippen molar-refractivity contribution in [2.24, 2.45) is 11.7 Å². The van der Waals surface area contributed by atoms with Crippen LogP contribution in [0.5, 0.6) is 0 Å². The molecule has 2 aromatic heterocycles. The number of carbonyl (C=O) groups excluding carboxylic acids is 1. The number of anilines is 1. The Kier molecular flexibility index (Phi) is 5.92. The van der Waals surface area contributed by atoms with E-state index in [0.717, 1.165) is 30.4 Å². The number of hydrogen-bond acceptors (Lipinski definition) is 5. The highest BCUT2D eigenvalue weighted by atomic mass is 32.1. The predicted molar refractivity (Wildman–Crippen MR) is 118 cm³/mol. The molecule has 1 fully saturated rings. The summed E-state index contributed by atoms with van der Waals surface area (Å²) < 4.78 is 14.2. The third-order valence-corrected chi connectivity index (χ3v) is 6.49. The van der Waals surface area contributed by atoms with E-state index < -0.39 is 0 Å². The number of amides is 1. The lowest BCUT2D eigenvalue weighted by Gasteiger charge is -2.32. The molecule has 0 saturated heterocycles. The molecule has 1 saturated carbocycles. The highest BCUT2D eigenvalue weighted by Crippen LogP contribution is 2.38. The number of rotatable bonds is 4. The zero-order valence-electron chi connectivity index (χ0n) is 17.1. The van der Waals surface area contributed by atoms with Crippen LogP contribution in [0.15, 0.2) is 42.0 Å². The Hall–Kier alpha value is -2.64. The highest BCUT2D eigenvalue weighted by Gasteiger charge is 2.27. The monoisotopic (exact) mass is 424 g/mol. The number of nitrogens with zero attached hydrogens (tertiary/aromatic N) is 2. The van der Waals surface area contributed by atoms with Crippen molar-refractivity contribution in [3.63, 3.8) is 0 Å². The number of thiazole rings is 1. The number of hydrogen-bond donors (Lipinski definition) is 2. The molecule has 5 nitrogen and oxygen atoms in total. The average Bonchev–Trinajstić information content (AvgIpc) is 3.19. The fourth-order valence-electron chi connectivity index (χ4n) is 4.27.